The number of esters is 1. The molecule has 0 N–H and O–H groups in total. The van der Waals surface area contributed by atoms with E-state index >= 15 is 0 Å². The maximum Gasteiger partial charge on any atom is 0.307 e. The molecule has 1 saturated heterocycles. The standard InChI is InChI=1S/C15H19N3O2/c1-20-15(19)9-14-4-2-3-7-18(14)11-12-5-6-17-13(8-12)10-16/h5-6,8,14H,2-4,7,9,11H2,1H3. The SMILES string of the molecule is COC(=O)CC1CCCCN1Cc1ccnc(C#N)c1. The highest BCUT2D eigenvalue weighted by molar-refractivity contribution is 5.69. The van der Waals surface area contributed by atoms with Gasteiger partial charge in [0, 0.05) is 18.8 Å². The van der Waals surface area contributed by atoms with Crippen molar-refractivity contribution in [3.63, 3.8) is 0 Å². The number of hydrogen-bond donors (Lipinski definition) is 0. The minimum atomic E-state index is -0.158. The highest BCUT2D eigenvalue weighted by Gasteiger charge is 2.25. The van der Waals surface area contributed by atoms with Gasteiger partial charge in [-0.1, -0.05) is 6.42 Å². The number of rotatable bonds is 4. The lowest BCUT2D eigenvalue weighted by Crippen LogP contribution is -2.40. The number of nitrogens with zero attached hydrogens (tertiary/aromatic N) is 3. The Bertz CT molecular complexity index is 510. The molecule has 0 aromatic carbocycles. The molecule has 1 atom stereocenters. The quantitative estimate of drug-likeness (QED) is 0.783. The Morgan fingerprint density at radius 2 is 2.45 bits per heavy atom. The van der Waals surface area contributed by atoms with Gasteiger partial charge < -0.3 is 4.74 Å². The number of nitriles is 1. The zero-order valence-corrected chi connectivity index (χ0v) is 11.7. The van der Waals surface area contributed by atoms with Crippen LogP contribution in [-0.4, -0.2) is 35.5 Å². The highest BCUT2D eigenvalue weighted by Crippen LogP contribution is 2.22. The van der Waals surface area contributed by atoms with E-state index in [-0.39, 0.29) is 12.0 Å². The van der Waals surface area contributed by atoms with E-state index in [0.29, 0.717) is 12.1 Å². The highest BCUT2D eigenvalue weighted by atomic mass is 16.5. The largest absolute Gasteiger partial charge is 0.469 e. The number of carbonyl (C=O) groups is 1. The average Bonchev–Trinajstić information content (AvgIpc) is 2.49. The summed E-state index contributed by atoms with van der Waals surface area (Å²) in [6.07, 6.45) is 5.41. The van der Waals surface area contributed by atoms with Crippen molar-refractivity contribution in [2.45, 2.75) is 38.3 Å². The summed E-state index contributed by atoms with van der Waals surface area (Å²) in [5.74, 6) is -0.158. The predicted octanol–water partition coefficient (Wildman–Crippen LogP) is 1.87. The van der Waals surface area contributed by atoms with Crippen molar-refractivity contribution in [2.75, 3.05) is 13.7 Å². The fraction of sp³-hybridized carbons (Fsp3) is 0.533. The van der Waals surface area contributed by atoms with Crippen LogP contribution < -0.4 is 0 Å². The summed E-state index contributed by atoms with van der Waals surface area (Å²) in [6.45, 7) is 1.73. The van der Waals surface area contributed by atoms with Crippen LogP contribution in [0.2, 0.25) is 0 Å². The van der Waals surface area contributed by atoms with Gasteiger partial charge in [-0.3, -0.25) is 9.69 Å². The van der Waals surface area contributed by atoms with Gasteiger partial charge in [-0.05, 0) is 37.1 Å². The molecule has 0 saturated carbocycles. The lowest BCUT2D eigenvalue weighted by Gasteiger charge is -2.35. The Hall–Kier alpha value is -1.93. The van der Waals surface area contributed by atoms with Gasteiger partial charge in [0.2, 0.25) is 0 Å². The fourth-order valence-electron chi connectivity index (χ4n) is 2.64. The van der Waals surface area contributed by atoms with Crippen LogP contribution in [0.4, 0.5) is 0 Å². The van der Waals surface area contributed by atoms with Crippen molar-refractivity contribution in [3.8, 4) is 6.07 Å². The third-order valence-electron chi connectivity index (χ3n) is 3.70. The van der Waals surface area contributed by atoms with Gasteiger partial charge in [-0.2, -0.15) is 5.26 Å². The van der Waals surface area contributed by atoms with E-state index in [4.69, 9.17) is 10.00 Å². The first-order valence-electron chi connectivity index (χ1n) is 6.89. The molecular weight excluding hydrogens is 254 g/mol. The number of piperidine rings is 1. The molecule has 0 radical (unpaired) electrons. The van der Waals surface area contributed by atoms with Crippen LogP contribution in [0.3, 0.4) is 0 Å². The topological polar surface area (TPSA) is 66.2 Å². The van der Waals surface area contributed by atoms with Gasteiger partial charge in [0.1, 0.15) is 11.8 Å². The average molecular weight is 273 g/mol. The van der Waals surface area contributed by atoms with Crippen LogP contribution >= 0.6 is 0 Å². The molecule has 1 aromatic rings. The maximum absolute atomic E-state index is 11.5. The molecule has 0 bridgehead atoms. The summed E-state index contributed by atoms with van der Waals surface area (Å²) >= 11 is 0. The number of likely N-dealkylation sites (tertiary alicyclic amines) is 1. The number of hydrogen-bond acceptors (Lipinski definition) is 5. The molecule has 0 aliphatic carbocycles. The van der Waals surface area contributed by atoms with Crippen molar-refractivity contribution >= 4 is 5.97 Å². The molecule has 2 heterocycles. The van der Waals surface area contributed by atoms with E-state index in [0.717, 1.165) is 37.9 Å². The van der Waals surface area contributed by atoms with Crippen molar-refractivity contribution in [1.29, 1.82) is 5.26 Å². The summed E-state index contributed by atoms with van der Waals surface area (Å²) in [5.41, 5.74) is 1.50. The molecule has 0 amide bonds. The molecule has 5 nitrogen and oxygen atoms in total. The fourth-order valence-corrected chi connectivity index (χ4v) is 2.64. The van der Waals surface area contributed by atoms with Gasteiger partial charge in [0.05, 0.1) is 13.5 Å². The Balaban J connectivity index is 2.04. The van der Waals surface area contributed by atoms with Crippen molar-refractivity contribution in [3.05, 3.63) is 29.6 Å². The number of pyridine rings is 1. The second kappa shape index (κ2) is 7.01. The molecule has 1 aliphatic heterocycles. The van der Waals surface area contributed by atoms with Crippen LogP contribution in [-0.2, 0) is 16.1 Å². The van der Waals surface area contributed by atoms with Crippen molar-refractivity contribution < 1.29 is 9.53 Å². The van der Waals surface area contributed by atoms with Crippen molar-refractivity contribution in [2.24, 2.45) is 0 Å². The lowest BCUT2D eigenvalue weighted by atomic mass is 9.98. The summed E-state index contributed by atoms with van der Waals surface area (Å²) in [4.78, 5) is 17.8. The monoisotopic (exact) mass is 273 g/mol. The molecule has 1 aromatic heterocycles. The third kappa shape index (κ3) is 3.78. The zero-order valence-electron chi connectivity index (χ0n) is 11.7. The van der Waals surface area contributed by atoms with Crippen LogP contribution in [0.5, 0.6) is 0 Å². The summed E-state index contributed by atoms with van der Waals surface area (Å²) in [7, 11) is 1.43. The number of carbonyl (C=O) groups excluding carboxylic acids is 1. The minimum absolute atomic E-state index is 0.158. The molecule has 1 fully saturated rings. The first kappa shape index (κ1) is 14.5. The molecule has 106 valence electrons. The van der Waals surface area contributed by atoms with Gasteiger partial charge in [-0.15, -0.1) is 0 Å². The summed E-state index contributed by atoms with van der Waals surface area (Å²) in [5, 5.41) is 8.88. The van der Waals surface area contributed by atoms with E-state index in [1.165, 1.54) is 7.11 Å². The molecule has 0 spiro atoms. The Morgan fingerprint density at radius 3 is 3.20 bits per heavy atom. The normalized spacial score (nSPS) is 19.3. The minimum Gasteiger partial charge on any atom is -0.469 e. The van der Waals surface area contributed by atoms with Crippen LogP contribution in [0, 0.1) is 11.3 Å². The smallest absolute Gasteiger partial charge is 0.307 e. The van der Waals surface area contributed by atoms with E-state index in [1.807, 2.05) is 12.1 Å². The molecule has 1 aliphatic rings. The second-order valence-electron chi connectivity index (χ2n) is 5.06. The Morgan fingerprint density at radius 1 is 1.60 bits per heavy atom. The Kier molecular flexibility index (Phi) is 5.08. The molecule has 1 unspecified atom stereocenters. The molecular formula is C15H19N3O2. The summed E-state index contributed by atoms with van der Waals surface area (Å²) in [6, 6.07) is 6.02. The zero-order chi connectivity index (χ0) is 14.4. The van der Waals surface area contributed by atoms with Crippen LogP contribution in [0.25, 0.3) is 0 Å². The van der Waals surface area contributed by atoms with E-state index < -0.39 is 0 Å². The van der Waals surface area contributed by atoms with Gasteiger partial charge >= 0.3 is 5.97 Å². The van der Waals surface area contributed by atoms with Crippen molar-refractivity contribution in [1.82, 2.24) is 9.88 Å². The number of aromatic nitrogens is 1. The second-order valence-corrected chi connectivity index (χ2v) is 5.06. The van der Waals surface area contributed by atoms with Gasteiger partial charge in [0.25, 0.3) is 0 Å². The molecule has 5 heteroatoms. The number of ether oxygens (including phenoxy) is 1. The van der Waals surface area contributed by atoms with Gasteiger partial charge in [-0.25, -0.2) is 4.98 Å². The third-order valence-corrected chi connectivity index (χ3v) is 3.70. The van der Waals surface area contributed by atoms with E-state index in [2.05, 4.69) is 16.0 Å². The van der Waals surface area contributed by atoms with Crippen LogP contribution in [0.15, 0.2) is 18.3 Å². The Labute approximate surface area is 119 Å². The summed E-state index contributed by atoms with van der Waals surface area (Å²) < 4.78 is 4.77. The molecule has 20 heavy (non-hydrogen) atoms. The maximum atomic E-state index is 11.5. The van der Waals surface area contributed by atoms with Crippen LogP contribution in [0.1, 0.15) is 36.9 Å². The first-order valence-corrected chi connectivity index (χ1v) is 6.89. The lowest BCUT2D eigenvalue weighted by molar-refractivity contribution is -0.142. The first-order chi connectivity index (χ1) is 9.72. The van der Waals surface area contributed by atoms with E-state index in [1.54, 1.807) is 6.20 Å². The van der Waals surface area contributed by atoms with Gasteiger partial charge in [0.15, 0.2) is 0 Å². The molecule has 2 rings (SSSR count). The number of methoxy groups -OCH3 is 1. The van der Waals surface area contributed by atoms with E-state index in [9.17, 15) is 4.79 Å². The predicted molar refractivity (Wildman–Crippen MR) is 73.6 cm³/mol.